The molecule has 0 fully saturated rings. The van der Waals surface area contributed by atoms with Crippen LogP contribution in [0.2, 0.25) is 0 Å². The molecule has 1 aromatic rings. The molecule has 1 rings (SSSR count). The third-order valence-electron chi connectivity index (χ3n) is 2.42. The maximum atomic E-state index is 11.9. The van der Waals surface area contributed by atoms with E-state index in [9.17, 15) is 9.59 Å². The summed E-state index contributed by atoms with van der Waals surface area (Å²) in [7, 11) is 2.88. The highest BCUT2D eigenvalue weighted by atomic mass is 16.5. The number of carbonyl (C=O) groups excluding carboxylic acids is 2. The number of esters is 1. The molecule has 0 bridgehead atoms. The lowest BCUT2D eigenvalue weighted by Gasteiger charge is -2.15. The molecular formula is C10H16N4O3. The van der Waals surface area contributed by atoms with Gasteiger partial charge in [0, 0.05) is 13.6 Å². The standard InChI is InChI=1S/C10H16N4O3/c1-6-8(11)9(13-12-6)10(16)14(2)5-4-7(15)17-3/h4-5,11H2,1-3H3,(H,12,13). The molecule has 0 aliphatic carbocycles. The highest BCUT2D eigenvalue weighted by molar-refractivity contribution is 5.97. The summed E-state index contributed by atoms with van der Waals surface area (Å²) in [4.78, 5) is 24.2. The Hall–Kier alpha value is -2.05. The molecule has 0 aliphatic heterocycles. The largest absolute Gasteiger partial charge is 0.469 e. The normalized spacial score (nSPS) is 10.1. The van der Waals surface area contributed by atoms with E-state index in [1.165, 1.54) is 12.0 Å². The number of amides is 1. The van der Waals surface area contributed by atoms with Crippen molar-refractivity contribution in [3.63, 3.8) is 0 Å². The van der Waals surface area contributed by atoms with Crippen LogP contribution in [-0.4, -0.2) is 47.7 Å². The number of aryl methyl sites for hydroxylation is 1. The number of H-pyrrole nitrogens is 1. The van der Waals surface area contributed by atoms with Crippen LogP contribution in [0.5, 0.6) is 0 Å². The Kier molecular flexibility index (Phi) is 4.08. The molecule has 3 N–H and O–H groups in total. The quantitative estimate of drug-likeness (QED) is 0.718. The molecule has 0 saturated heterocycles. The predicted molar refractivity (Wildman–Crippen MR) is 61.3 cm³/mol. The molecule has 1 amide bonds. The molecule has 1 aromatic heterocycles. The summed E-state index contributed by atoms with van der Waals surface area (Å²) >= 11 is 0. The molecule has 94 valence electrons. The van der Waals surface area contributed by atoms with E-state index in [2.05, 4.69) is 14.9 Å². The highest BCUT2D eigenvalue weighted by Crippen LogP contribution is 2.14. The molecule has 0 aromatic carbocycles. The summed E-state index contributed by atoms with van der Waals surface area (Å²) in [5, 5.41) is 6.46. The Morgan fingerprint density at radius 3 is 2.65 bits per heavy atom. The Labute approximate surface area is 98.9 Å². The summed E-state index contributed by atoms with van der Waals surface area (Å²) in [6, 6.07) is 0. The van der Waals surface area contributed by atoms with Gasteiger partial charge in [-0.2, -0.15) is 5.10 Å². The SMILES string of the molecule is COC(=O)CCN(C)C(=O)c1n[nH]c(C)c1N. The number of aromatic amines is 1. The summed E-state index contributed by atoms with van der Waals surface area (Å²) in [6.45, 7) is 1.99. The zero-order chi connectivity index (χ0) is 13.0. The van der Waals surface area contributed by atoms with Gasteiger partial charge in [0.05, 0.1) is 24.9 Å². The number of methoxy groups -OCH3 is 1. The van der Waals surface area contributed by atoms with Crippen LogP contribution in [0, 0.1) is 6.92 Å². The van der Waals surface area contributed by atoms with Crippen molar-refractivity contribution >= 4 is 17.6 Å². The van der Waals surface area contributed by atoms with Gasteiger partial charge >= 0.3 is 5.97 Å². The molecule has 1 heterocycles. The van der Waals surface area contributed by atoms with Crippen LogP contribution in [0.1, 0.15) is 22.6 Å². The zero-order valence-electron chi connectivity index (χ0n) is 10.1. The van der Waals surface area contributed by atoms with E-state index in [1.807, 2.05) is 0 Å². The van der Waals surface area contributed by atoms with Crippen molar-refractivity contribution in [2.24, 2.45) is 0 Å². The van der Waals surface area contributed by atoms with Crippen molar-refractivity contribution in [1.82, 2.24) is 15.1 Å². The van der Waals surface area contributed by atoms with Crippen molar-refractivity contribution in [1.29, 1.82) is 0 Å². The van der Waals surface area contributed by atoms with E-state index >= 15 is 0 Å². The van der Waals surface area contributed by atoms with Gasteiger partial charge in [-0.1, -0.05) is 0 Å². The number of anilines is 1. The molecule has 0 unspecified atom stereocenters. The lowest BCUT2D eigenvalue weighted by Crippen LogP contribution is -2.30. The van der Waals surface area contributed by atoms with Crippen LogP contribution >= 0.6 is 0 Å². The minimum atomic E-state index is -0.365. The molecule has 0 spiro atoms. The van der Waals surface area contributed by atoms with Gasteiger partial charge in [0.2, 0.25) is 0 Å². The van der Waals surface area contributed by atoms with Gasteiger partial charge in [0.25, 0.3) is 5.91 Å². The number of nitrogen functional groups attached to an aromatic ring is 1. The average molecular weight is 240 g/mol. The number of aromatic nitrogens is 2. The number of nitrogens with zero attached hydrogens (tertiary/aromatic N) is 2. The van der Waals surface area contributed by atoms with Crippen LogP contribution in [0.15, 0.2) is 0 Å². The average Bonchev–Trinajstić information content (AvgIpc) is 2.65. The van der Waals surface area contributed by atoms with Crippen molar-refractivity contribution in [3.8, 4) is 0 Å². The first-order valence-corrected chi connectivity index (χ1v) is 5.10. The Bertz CT molecular complexity index is 427. The van der Waals surface area contributed by atoms with Gasteiger partial charge in [-0.05, 0) is 6.92 Å². The second-order valence-corrected chi connectivity index (χ2v) is 3.66. The highest BCUT2D eigenvalue weighted by Gasteiger charge is 2.19. The van der Waals surface area contributed by atoms with Gasteiger partial charge in [0.15, 0.2) is 5.69 Å². The lowest BCUT2D eigenvalue weighted by atomic mass is 10.2. The van der Waals surface area contributed by atoms with Crippen molar-refractivity contribution in [3.05, 3.63) is 11.4 Å². The Balaban J connectivity index is 2.64. The number of ether oxygens (including phenoxy) is 1. The van der Waals surface area contributed by atoms with Crippen LogP contribution in [-0.2, 0) is 9.53 Å². The number of hydrogen-bond acceptors (Lipinski definition) is 5. The topological polar surface area (TPSA) is 101 Å². The second kappa shape index (κ2) is 5.33. The minimum absolute atomic E-state index is 0.141. The van der Waals surface area contributed by atoms with Crippen LogP contribution in [0.25, 0.3) is 0 Å². The van der Waals surface area contributed by atoms with Crippen molar-refractivity contribution < 1.29 is 14.3 Å². The number of rotatable bonds is 4. The first kappa shape index (κ1) is 13.0. The number of carbonyl (C=O) groups is 2. The third kappa shape index (κ3) is 2.96. The molecule has 17 heavy (non-hydrogen) atoms. The summed E-state index contributed by atoms with van der Waals surface area (Å²) < 4.78 is 4.49. The molecule has 0 aliphatic rings. The van der Waals surface area contributed by atoms with Crippen molar-refractivity contribution in [2.45, 2.75) is 13.3 Å². The molecule has 7 nitrogen and oxygen atoms in total. The van der Waals surface area contributed by atoms with E-state index < -0.39 is 0 Å². The maximum absolute atomic E-state index is 11.9. The van der Waals surface area contributed by atoms with E-state index in [0.717, 1.165) is 0 Å². The maximum Gasteiger partial charge on any atom is 0.307 e. The van der Waals surface area contributed by atoms with Gasteiger partial charge in [-0.3, -0.25) is 14.7 Å². The van der Waals surface area contributed by atoms with Gasteiger partial charge in [0.1, 0.15) is 0 Å². The van der Waals surface area contributed by atoms with E-state index in [-0.39, 0.29) is 30.5 Å². The fraction of sp³-hybridized carbons (Fsp3) is 0.500. The number of nitrogens with one attached hydrogen (secondary N) is 1. The molecule has 0 saturated carbocycles. The second-order valence-electron chi connectivity index (χ2n) is 3.66. The third-order valence-corrected chi connectivity index (χ3v) is 2.42. The predicted octanol–water partition coefficient (Wildman–Crippen LogP) is -0.0646. The molecule has 0 atom stereocenters. The Morgan fingerprint density at radius 2 is 2.18 bits per heavy atom. The molecular weight excluding hydrogens is 224 g/mol. The fourth-order valence-electron chi connectivity index (χ4n) is 1.24. The van der Waals surface area contributed by atoms with E-state index in [1.54, 1.807) is 14.0 Å². The van der Waals surface area contributed by atoms with E-state index in [0.29, 0.717) is 11.4 Å². The summed E-state index contributed by atoms with van der Waals surface area (Å²) in [6.07, 6.45) is 0.141. The van der Waals surface area contributed by atoms with Crippen molar-refractivity contribution in [2.75, 3.05) is 26.4 Å². The Morgan fingerprint density at radius 1 is 1.53 bits per heavy atom. The van der Waals surface area contributed by atoms with Gasteiger partial charge in [-0.25, -0.2) is 0 Å². The smallest absolute Gasteiger partial charge is 0.307 e. The lowest BCUT2D eigenvalue weighted by molar-refractivity contribution is -0.140. The fourth-order valence-corrected chi connectivity index (χ4v) is 1.24. The number of nitrogens with two attached hydrogens (primary N) is 1. The van der Waals surface area contributed by atoms with Crippen LogP contribution in [0.4, 0.5) is 5.69 Å². The van der Waals surface area contributed by atoms with Crippen LogP contribution < -0.4 is 5.73 Å². The van der Waals surface area contributed by atoms with Crippen LogP contribution in [0.3, 0.4) is 0 Å². The monoisotopic (exact) mass is 240 g/mol. The zero-order valence-corrected chi connectivity index (χ0v) is 10.1. The minimum Gasteiger partial charge on any atom is -0.469 e. The van der Waals surface area contributed by atoms with Gasteiger partial charge in [-0.15, -0.1) is 0 Å². The molecule has 7 heteroatoms. The number of hydrogen-bond donors (Lipinski definition) is 2. The first-order chi connectivity index (χ1) is 7.97. The van der Waals surface area contributed by atoms with Gasteiger partial charge < -0.3 is 15.4 Å². The molecule has 0 radical (unpaired) electrons. The van der Waals surface area contributed by atoms with E-state index in [4.69, 9.17) is 5.73 Å². The first-order valence-electron chi connectivity index (χ1n) is 5.10. The summed E-state index contributed by atoms with van der Waals surface area (Å²) in [5.41, 5.74) is 6.85. The summed E-state index contributed by atoms with van der Waals surface area (Å²) in [5.74, 6) is -0.688.